The van der Waals surface area contributed by atoms with E-state index in [9.17, 15) is 15.2 Å². The molecule has 0 aliphatic carbocycles. The second-order valence-corrected chi connectivity index (χ2v) is 4.59. The van der Waals surface area contributed by atoms with Crippen molar-refractivity contribution in [2.45, 2.75) is 13.0 Å². The van der Waals surface area contributed by atoms with E-state index in [4.69, 9.17) is 16.3 Å². The number of ether oxygens (including phenoxy) is 1. The number of aliphatic hydroxyl groups excluding tert-OH is 1. The molecule has 0 spiro atoms. The standard InChI is InChI=1S/C14H12ClNO4/c1-9(17)11-4-2-3-5-14(11)20-10-6-7-13(16(18)19)12(15)8-10/h2-9,17H,1H3/t9-/m1/s1. The normalized spacial score (nSPS) is 11.9. The van der Waals surface area contributed by atoms with Gasteiger partial charge in [0.05, 0.1) is 11.0 Å². The summed E-state index contributed by atoms with van der Waals surface area (Å²) < 4.78 is 5.62. The molecule has 0 radical (unpaired) electrons. The molecular weight excluding hydrogens is 282 g/mol. The van der Waals surface area contributed by atoms with Crippen LogP contribution in [0, 0.1) is 10.1 Å². The number of benzene rings is 2. The van der Waals surface area contributed by atoms with Gasteiger partial charge in [0, 0.05) is 17.7 Å². The van der Waals surface area contributed by atoms with Crippen molar-refractivity contribution in [1.82, 2.24) is 0 Å². The lowest BCUT2D eigenvalue weighted by Crippen LogP contribution is -1.96. The van der Waals surface area contributed by atoms with E-state index in [0.29, 0.717) is 17.1 Å². The van der Waals surface area contributed by atoms with Crippen molar-refractivity contribution in [3.05, 3.63) is 63.2 Å². The topological polar surface area (TPSA) is 72.6 Å². The van der Waals surface area contributed by atoms with Gasteiger partial charge in [-0.15, -0.1) is 0 Å². The SMILES string of the molecule is C[C@@H](O)c1ccccc1Oc1ccc([N+](=O)[O-])c(Cl)c1. The highest BCUT2D eigenvalue weighted by molar-refractivity contribution is 6.32. The third-order valence-electron chi connectivity index (χ3n) is 2.71. The Kier molecular flexibility index (Phi) is 4.22. The van der Waals surface area contributed by atoms with Crippen LogP contribution in [0.2, 0.25) is 5.02 Å². The predicted octanol–water partition coefficient (Wildman–Crippen LogP) is 4.09. The van der Waals surface area contributed by atoms with Crippen LogP contribution in [0.5, 0.6) is 11.5 Å². The Morgan fingerprint density at radius 2 is 2.00 bits per heavy atom. The minimum Gasteiger partial charge on any atom is -0.457 e. The first kappa shape index (κ1) is 14.3. The van der Waals surface area contributed by atoms with Crippen molar-refractivity contribution < 1.29 is 14.8 Å². The summed E-state index contributed by atoms with van der Waals surface area (Å²) in [4.78, 5) is 10.1. The van der Waals surface area contributed by atoms with Crippen molar-refractivity contribution in [2.24, 2.45) is 0 Å². The third kappa shape index (κ3) is 3.07. The lowest BCUT2D eigenvalue weighted by atomic mass is 10.1. The van der Waals surface area contributed by atoms with Crippen LogP contribution in [0.15, 0.2) is 42.5 Å². The van der Waals surface area contributed by atoms with E-state index in [-0.39, 0.29) is 10.7 Å². The lowest BCUT2D eigenvalue weighted by Gasteiger charge is -2.13. The molecular formula is C14H12ClNO4. The number of nitro groups is 1. The first-order valence-electron chi connectivity index (χ1n) is 5.88. The maximum atomic E-state index is 10.7. The number of nitro benzene ring substituents is 1. The molecule has 1 atom stereocenters. The van der Waals surface area contributed by atoms with Crippen LogP contribution in [0.1, 0.15) is 18.6 Å². The zero-order valence-electron chi connectivity index (χ0n) is 10.6. The molecule has 0 heterocycles. The molecule has 20 heavy (non-hydrogen) atoms. The van der Waals surface area contributed by atoms with Gasteiger partial charge in [0.2, 0.25) is 0 Å². The highest BCUT2D eigenvalue weighted by Crippen LogP contribution is 2.33. The van der Waals surface area contributed by atoms with Gasteiger partial charge in [-0.3, -0.25) is 10.1 Å². The quantitative estimate of drug-likeness (QED) is 0.680. The second-order valence-electron chi connectivity index (χ2n) is 4.19. The molecule has 0 fully saturated rings. The van der Waals surface area contributed by atoms with Gasteiger partial charge in [0.25, 0.3) is 5.69 Å². The van der Waals surface area contributed by atoms with Gasteiger partial charge in [-0.2, -0.15) is 0 Å². The lowest BCUT2D eigenvalue weighted by molar-refractivity contribution is -0.384. The summed E-state index contributed by atoms with van der Waals surface area (Å²) in [5, 5.41) is 20.3. The van der Waals surface area contributed by atoms with Gasteiger partial charge in [-0.1, -0.05) is 29.8 Å². The van der Waals surface area contributed by atoms with Gasteiger partial charge in [-0.05, 0) is 19.1 Å². The van der Waals surface area contributed by atoms with Crippen molar-refractivity contribution in [3.63, 3.8) is 0 Å². The number of rotatable bonds is 4. The Bertz CT molecular complexity index is 643. The van der Waals surface area contributed by atoms with Crippen LogP contribution in [0.4, 0.5) is 5.69 Å². The summed E-state index contributed by atoms with van der Waals surface area (Å²) in [5.74, 6) is 0.848. The number of hydrogen-bond donors (Lipinski definition) is 1. The maximum Gasteiger partial charge on any atom is 0.288 e. The highest BCUT2D eigenvalue weighted by atomic mass is 35.5. The Morgan fingerprint density at radius 1 is 1.30 bits per heavy atom. The van der Waals surface area contributed by atoms with Crippen LogP contribution in [-0.4, -0.2) is 10.0 Å². The average Bonchev–Trinajstić information content (AvgIpc) is 2.38. The summed E-state index contributed by atoms with van der Waals surface area (Å²) in [6.07, 6.45) is -0.681. The van der Waals surface area contributed by atoms with Crippen molar-refractivity contribution in [3.8, 4) is 11.5 Å². The van der Waals surface area contributed by atoms with Crippen molar-refractivity contribution >= 4 is 17.3 Å². The van der Waals surface area contributed by atoms with E-state index in [2.05, 4.69) is 0 Å². The molecule has 0 aliphatic heterocycles. The summed E-state index contributed by atoms with van der Waals surface area (Å²) >= 11 is 5.82. The molecule has 5 nitrogen and oxygen atoms in total. The summed E-state index contributed by atoms with van der Waals surface area (Å²) in [7, 11) is 0. The highest BCUT2D eigenvalue weighted by Gasteiger charge is 2.14. The van der Waals surface area contributed by atoms with Gasteiger partial charge in [0.1, 0.15) is 16.5 Å². The Morgan fingerprint density at radius 3 is 2.60 bits per heavy atom. The van der Waals surface area contributed by atoms with Crippen LogP contribution < -0.4 is 4.74 Å². The largest absolute Gasteiger partial charge is 0.457 e. The summed E-state index contributed by atoms with van der Waals surface area (Å²) in [6, 6.07) is 11.1. The molecule has 104 valence electrons. The fraction of sp³-hybridized carbons (Fsp3) is 0.143. The third-order valence-corrected chi connectivity index (χ3v) is 3.02. The number of hydrogen-bond acceptors (Lipinski definition) is 4. The Labute approximate surface area is 120 Å². The fourth-order valence-electron chi connectivity index (χ4n) is 1.74. The van der Waals surface area contributed by atoms with E-state index in [0.717, 1.165) is 0 Å². The van der Waals surface area contributed by atoms with E-state index in [1.807, 2.05) is 0 Å². The molecule has 2 aromatic carbocycles. The molecule has 0 aliphatic rings. The molecule has 0 amide bonds. The Balaban J connectivity index is 2.31. The molecule has 2 rings (SSSR count). The zero-order chi connectivity index (χ0) is 14.7. The van der Waals surface area contributed by atoms with Crippen LogP contribution in [0.3, 0.4) is 0 Å². The molecule has 6 heteroatoms. The second kappa shape index (κ2) is 5.90. The van der Waals surface area contributed by atoms with E-state index < -0.39 is 11.0 Å². The molecule has 0 bridgehead atoms. The summed E-state index contributed by atoms with van der Waals surface area (Å²) in [5.41, 5.74) is 0.449. The van der Waals surface area contributed by atoms with Crippen molar-refractivity contribution in [1.29, 1.82) is 0 Å². The van der Waals surface area contributed by atoms with Crippen molar-refractivity contribution in [2.75, 3.05) is 0 Å². The van der Waals surface area contributed by atoms with Crippen LogP contribution >= 0.6 is 11.6 Å². The molecule has 1 N–H and O–H groups in total. The molecule has 0 saturated carbocycles. The zero-order valence-corrected chi connectivity index (χ0v) is 11.4. The van der Waals surface area contributed by atoms with Gasteiger partial charge in [0.15, 0.2) is 0 Å². The van der Waals surface area contributed by atoms with E-state index >= 15 is 0 Å². The maximum absolute atomic E-state index is 10.7. The molecule has 0 saturated heterocycles. The predicted molar refractivity (Wildman–Crippen MR) is 75.3 cm³/mol. The Hall–Kier alpha value is -2.11. The molecule has 0 aromatic heterocycles. The average molecular weight is 294 g/mol. The van der Waals surface area contributed by atoms with Crippen LogP contribution in [-0.2, 0) is 0 Å². The van der Waals surface area contributed by atoms with E-state index in [1.54, 1.807) is 31.2 Å². The molecule has 0 unspecified atom stereocenters. The monoisotopic (exact) mass is 293 g/mol. The van der Waals surface area contributed by atoms with Gasteiger partial charge < -0.3 is 9.84 Å². The first-order valence-corrected chi connectivity index (χ1v) is 6.25. The van der Waals surface area contributed by atoms with Gasteiger partial charge >= 0.3 is 0 Å². The smallest absolute Gasteiger partial charge is 0.288 e. The fourth-order valence-corrected chi connectivity index (χ4v) is 1.98. The minimum atomic E-state index is -0.681. The number of aliphatic hydroxyl groups is 1. The number of para-hydroxylation sites is 1. The minimum absolute atomic E-state index is 0.00188. The van der Waals surface area contributed by atoms with Gasteiger partial charge in [-0.25, -0.2) is 0 Å². The summed E-state index contributed by atoms with van der Waals surface area (Å²) in [6.45, 7) is 1.63. The van der Waals surface area contributed by atoms with E-state index in [1.165, 1.54) is 18.2 Å². The number of nitrogens with zero attached hydrogens (tertiary/aromatic N) is 1. The number of halogens is 1. The first-order chi connectivity index (χ1) is 9.49. The molecule has 2 aromatic rings. The van der Waals surface area contributed by atoms with Crippen LogP contribution in [0.25, 0.3) is 0 Å².